The Kier molecular flexibility index (Phi) is 5.86. The van der Waals surface area contributed by atoms with Gasteiger partial charge in [-0.1, -0.05) is 62.2 Å². The molecule has 1 N–H and O–H groups in total. The average Bonchev–Trinajstić information content (AvgIpc) is 2.84. The lowest BCUT2D eigenvalue weighted by atomic mass is 9.79. The molecule has 0 aliphatic heterocycles. The molecule has 2 aromatic rings. The van der Waals surface area contributed by atoms with E-state index in [1.54, 1.807) is 11.3 Å². The standard InChI is InChI=1S/C18H24ClNS/c1-5-12(2)16(14-9-7-6-8-10-14)17(20-4)15-11-13(3)18(19)21-15/h6-12,16-17,20H,5H2,1-4H3. The van der Waals surface area contributed by atoms with Crippen LogP contribution in [0.2, 0.25) is 4.34 Å². The number of benzene rings is 1. The van der Waals surface area contributed by atoms with Crippen LogP contribution in [0.15, 0.2) is 36.4 Å². The van der Waals surface area contributed by atoms with Gasteiger partial charge >= 0.3 is 0 Å². The summed E-state index contributed by atoms with van der Waals surface area (Å²) >= 11 is 7.99. The number of hydrogen-bond donors (Lipinski definition) is 1. The number of aryl methyl sites for hydroxylation is 1. The fraction of sp³-hybridized carbons (Fsp3) is 0.444. The van der Waals surface area contributed by atoms with Crippen molar-refractivity contribution in [2.75, 3.05) is 7.05 Å². The number of likely N-dealkylation sites (N-methyl/N-ethyl adjacent to an activating group) is 1. The van der Waals surface area contributed by atoms with E-state index >= 15 is 0 Å². The van der Waals surface area contributed by atoms with Crippen LogP contribution >= 0.6 is 22.9 Å². The molecule has 1 aromatic carbocycles. The zero-order valence-electron chi connectivity index (χ0n) is 13.2. The molecule has 0 aliphatic carbocycles. The minimum absolute atomic E-state index is 0.304. The fourth-order valence-electron chi connectivity index (χ4n) is 2.91. The second kappa shape index (κ2) is 7.44. The van der Waals surface area contributed by atoms with Crippen LogP contribution in [-0.4, -0.2) is 7.05 Å². The summed E-state index contributed by atoms with van der Waals surface area (Å²) in [4.78, 5) is 1.33. The van der Waals surface area contributed by atoms with Crippen molar-refractivity contribution in [3.05, 3.63) is 56.7 Å². The van der Waals surface area contributed by atoms with Crippen LogP contribution in [-0.2, 0) is 0 Å². The van der Waals surface area contributed by atoms with E-state index in [0.717, 1.165) is 10.8 Å². The van der Waals surface area contributed by atoms with E-state index in [1.165, 1.54) is 16.0 Å². The lowest BCUT2D eigenvalue weighted by Gasteiger charge is -2.31. The molecule has 0 radical (unpaired) electrons. The summed E-state index contributed by atoms with van der Waals surface area (Å²) in [7, 11) is 2.05. The van der Waals surface area contributed by atoms with E-state index in [4.69, 9.17) is 11.6 Å². The smallest absolute Gasteiger partial charge is 0.0960 e. The van der Waals surface area contributed by atoms with Crippen LogP contribution in [0.25, 0.3) is 0 Å². The first-order valence-corrected chi connectivity index (χ1v) is 8.76. The molecule has 0 fully saturated rings. The van der Waals surface area contributed by atoms with E-state index in [1.807, 2.05) is 7.05 Å². The van der Waals surface area contributed by atoms with Crippen LogP contribution in [0.5, 0.6) is 0 Å². The molecule has 1 nitrogen and oxygen atoms in total. The van der Waals surface area contributed by atoms with Crippen LogP contribution in [0.1, 0.15) is 48.2 Å². The van der Waals surface area contributed by atoms with Crippen molar-refractivity contribution >= 4 is 22.9 Å². The molecule has 0 saturated heterocycles. The first kappa shape index (κ1) is 16.5. The van der Waals surface area contributed by atoms with Gasteiger partial charge in [-0.25, -0.2) is 0 Å². The zero-order chi connectivity index (χ0) is 15.4. The van der Waals surface area contributed by atoms with Gasteiger partial charge in [-0.05, 0) is 37.1 Å². The van der Waals surface area contributed by atoms with Gasteiger partial charge in [-0.3, -0.25) is 0 Å². The molecule has 3 unspecified atom stereocenters. The van der Waals surface area contributed by atoms with Crippen molar-refractivity contribution in [3.63, 3.8) is 0 Å². The lowest BCUT2D eigenvalue weighted by molar-refractivity contribution is 0.358. The third-order valence-corrected chi connectivity index (χ3v) is 5.93. The van der Waals surface area contributed by atoms with Gasteiger partial charge in [0.2, 0.25) is 0 Å². The predicted octanol–water partition coefficient (Wildman–Crippen LogP) is 5.80. The Morgan fingerprint density at radius 3 is 2.38 bits per heavy atom. The predicted molar refractivity (Wildman–Crippen MR) is 94.5 cm³/mol. The zero-order valence-corrected chi connectivity index (χ0v) is 14.8. The second-order valence-electron chi connectivity index (χ2n) is 5.69. The Morgan fingerprint density at radius 1 is 1.24 bits per heavy atom. The third-order valence-electron chi connectivity index (χ3n) is 4.29. The highest BCUT2D eigenvalue weighted by molar-refractivity contribution is 7.16. The summed E-state index contributed by atoms with van der Waals surface area (Å²) in [6, 6.07) is 13.4. The molecule has 0 amide bonds. The van der Waals surface area contributed by atoms with Gasteiger partial charge < -0.3 is 5.32 Å². The van der Waals surface area contributed by atoms with Crippen LogP contribution < -0.4 is 5.32 Å². The van der Waals surface area contributed by atoms with E-state index in [9.17, 15) is 0 Å². The number of halogens is 1. The summed E-state index contributed by atoms with van der Waals surface area (Å²) in [5.41, 5.74) is 2.57. The topological polar surface area (TPSA) is 12.0 Å². The van der Waals surface area contributed by atoms with Crippen LogP contribution in [0, 0.1) is 12.8 Å². The van der Waals surface area contributed by atoms with Gasteiger partial charge in [-0.15, -0.1) is 11.3 Å². The number of rotatable bonds is 6. The van der Waals surface area contributed by atoms with Crippen molar-refractivity contribution in [2.45, 2.75) is 39.2 Å². The highest BCUT2D eigenvalue weighted by atomic mass is 35.5. The number of hydrogen-bond acceptors (Lipinski definition) is 2. The van der Waals surface area contributed by atoms with Gasteiger partial charge in [0.25, 0.3) is 0 Å². The van der Waals surface area contributed by atoms with E-state index in [0.29, 0.717) is 17.9 Å². The van der Waals surface area contributed by atoms with Crippen molar-refractivity contribution in [2.24, 2.45) is 5.92 Å². The molecule has 0 aliphatic rings. The average molecular weight is 322 g/mol. The monoisotopic (exact) mass is 321 g/mol. The Bertz CT molecular complexity index is 544. The van der Waals surface area contributed by atoms with Crippen LogP contribution in [0.3, 0.4) is 0 Å². The van der Waals surface area contributed by atoms with Gasteiger partial charge in [0.15, 0.2) is 0 Å². The molecule has 1 heterocycles. The minimum atomic E-state index is 0.304. The van der Waals surface area contributed by atoms with Crippen LogP contribution in [0.4, 0.5) is 0 Å². The van der Waals surface area contributed by atoms with E-state index < -0.39 is 0 Å². The molecule has 114 valence electrons. The first-order valence-electron chi connectivity index (χ1n) is 7.56. The van der Waals surface area contributed by atoms with Crippen molar-refractivity contribution in [1.82, 2.24) is 5.32 Å². The molecule has 0 saturated carbocycles. The third kappa shape index (κ3) is 3.68. The SMILES string of the molecule is CCC(C)C(c1ccccc1)C(NC)c1cc(C)c(Cl)s1. The normalized spacial score (nSPS) is 15.7. The van der Waals surface area contributed by atoms with Gasteiger partial charge in [0, 0.05) is 16.8 Å². The summed E-state index contributed by atoms with van der Waals surface area (Å²) in [5.74, 6) is 1.06. The maximum absolute atomic E-state index is 6.29. The number of thiophene rings is 1. The molecule has 0 spiro atoms. The Labute approximate surface area is 137 Å². The van der Waals surface area contributed by atoms with Crippen molar-refractivity contribution < 1.29 is 0 Å². The molecule has 3 heteroatoms. The summed E-state index contributed by atoms with van der Waals surface area (Å²) in [6.45, 7) is 6.68. The molecule has 3 atom stereocenters. The largest absolute Gasteiger partial charge is 0.312 e. The van der Waals surface area contributed by atoms with Crippen molar-refractivity contribution in [3.8, 4) is 0 Å². The molecular weight excluding hydrogens is 298 g/mol. The minimum Gasteiger partial charge on any atom is -0.312 e. The Balaban J connectivity index is 2.42. The second-order valence-corrected chi connectivity index (χ2v) is 7.38. The number of nitrogens with one attached hydrogen (secondary N) is 1. The summed E-state index contributed by atoms with van der Waals surface area (Å²) in [5, 5.41) is 3.52. The maximum Gasteiger partial charge on any atom is 0.0960 e. The Morgan fingerprint density at radius 2 is 1.90 bits per heavy atom. The highest BCUT2D eigenvalue weighted by Gasteiger charge is 2.29. The maximum atomic E-state index is 6.29. The summed E-state index contributed by atoms with van der Waals surface area (Å²) in [6.07, 6.45) is 1.16. The highest BCUT2D eigenvalue weighted by Crippen LogP contribution is 2.42. The van der Waals surface area contributed by atoms with Gasteiger partial charge in [-0.2, -0.15) is 0 Å². The quantitative estimate of drug-likeness (QED) is 0.709. The van der Waals surface area contributed by atoms with Gasteiger partial charge in [0.1, 0.15) is 0 Å². The van der Waals surface area contributed by atoms with Crippen molar-refractivity contribution in [1.29, 1.82) is 0 Å². The molecular formula is C18H24ClNS. The lowest BCUT2D eigenvalue weighted by Crippen LogP contribution is -2.27. The van der Waals surface area contributed by atoms with Gasteiger partial charge in [0.05, 0.1) is 4.34 Å². The Hall–Kier alpha value is -0.830. The fourth-order valence-corrected chi connectivity index (χ4v) is 4.29. The molecule has 1 aromatic heterocycles. The first-order chi connectivity index (χ1) is 10.1. The van der Waals surface area contributed by atoms with E-state index in [2.05, 4.69) is 62.5 Å². The molecule has 21 heavy (non-hydrogen) atoms. The van der Waals surface area contributed by atoms with E-state index in [-0.39, 0.29) is 0 Å². The molecule has 0 bridgehead atoms. The summed E-state index contributed by atoms with van der Waals surface area (Å²) < 4.78 is 0.904. The molecule has 2 rings (SSSR count).